The van der Waals surface area contributed by atoms with Crippen LogP contribution < -0.4 is 26.6 Å². The molecule has 0 bridgehead atoms. The lowest BCUT2D eigenvalue weighted by Crippen LogP contribution is -2.61. The third-order valence-electron chi connectivity index (χ3n) is 7.10. The summed E-state index contributed by atoms with van der Waals surface area (Å²) in [5.74, 6) is -6.25. The van der Waals surface area contributed by atoms with E-state index in [-0.39, 0.29) is 19.6 Å². The predicted octanol–water partition coefficient (Wildman–Crippen LogP) is 0.727. The smallest absolute Gasteiger partial charge is 0.408 e. The van der Waals surface area contributed by atoms with Gasteiger partial charge in [0.1, 0.15) is 30.3 Å². The molecule has 1 aliphatic rings. The summed E-state index contributed by atoms with van der Waals surface area (Å²) < 4.78 is 10.2. The van der Waals surface area contributed by atoms with Gasteiger partial charge >= 0.3 is 18.1 Å². The molecule has 1 heterocycles. The highest BCUT2D eigenvalue weighted by Crippen LogP contribution is 2.20. The van der Waals surface area contributed by atoms with Gasteiger partial charge in [-0.15, -0.1) is 6.58 Å². The number of alkyl carbamates (subject to hydrolysis) is 1. The lowest BCUT2D eigenvalue weighted by atomic mass is 9.90. The van der Waals surface area contributed by atoms with Gasteiger partial charge in [-0.25, -0.2) is 9.59 Å². The lowest BCUT2D eigenvalue weighted by molar-refractivity contribution is -0.145. The number of hydrogen-bond donors (Lipinski definition) is 5. The number of carbonyl (C=O) groups is 8. The van der Waals surface area contributed by atoms with Gasteiger partial charge in [0.2, 0.25) is 17.6 Å². The molecule has 5 atom stereocenters. The third-order valence-corrected chi connectivity index (χ3v) is 7.10. The van der Waals surface area contributed by atoms with Gasteiger partial charge in [0.05, 0.1) is 18.7 Å². The highest BCUT2D eigenvalue weighted by atomic mass is 16.6. The van der Waals surface area contributed by atoms with Crippen molar-refractivity contribution in [3.63, 3.8) is 0 Å². The molecule has 1 fully saturated rings. The molecular weight excluding hydrogens is 628 g/mol. The second-order valence-electron chi connectivity index (χ2n) is 13.0. The van der Waals surface area contributed by atoms with Crippen LogP contribution in [0.3, 0.4) is 0 Å². The summed E-state index contributed by atoms with van der Waals surface area (Å²) in [6, 6.07) is -7.90. The summed E-state index contributed by atoms with van der Waals surface area (Å²) in [7, 11) is 0. The zero-order valence-corrected chi connectivity index (χ0v) is 29.4. The fraction of sp³-hybridized carbons (Fsp3) is 0.688. The minimum absolute atomic E-state index is 0.00950. The number of carbonyl (C=O) groups excluding carboxylic acids is 8. The van der Waals surface area contributed by atoms with Crippen molar-refractivity contribution < 1.29 is 47.8 Å². The van der Waals surface area contributed by atoms with Crippen molar-refractivity contribution in [2.24, 2.45) is 11.8 Å². The second kappa shape index (κ2) is 18.7. The second-order valence-corrected chi connectivity index (χ2v) is 13.0. The Morgan fingerprint density at radius 2 is 1.56 bits per heavy atom. The molecule has 0 spiro atoms. The Labute approximate surface area is 281 Å². The van der Waals surface area contributed by atoms with E-state index in [1.54, 1.807) is 62.3 Å². The van der Waals surface area contributed by atoms with Crippen LogP contribution in [0.1, 0.15) is 75.2 Å². The van der Waals surface area contributed by atoms with Crippen LogP contribution in [0.2, 0.25) is 0 Å². The molecule has 0 aliphatic carbocycles. The molecule has 16 nitrogen and oxygen atoms in total. The van der Waals surface area contributed by atoms with Crippen molar-refractivity contribution in [1.82, 2.24) is 31.5 Å². The maximum atomic E-state index is 14.1. The summed E-state index contributed by atoms with van der Waals surface area (Å²) in [6.45, 7) is 17.7. The Morgan fingerprint density at radius 3 is 2.06 bits per heavy atom. The van der Waals surface area contributed by atoms with E-state index in [4.69, 9.17) is 9.47 Å². The first-order chi connectivity index (χ1) is 22.3. The Balaban J connectivity index is 3.46. The number of esters is 1. The molecule has 16 heteroatoms. The normalized spacial score (nSPS) is 17.8. The largest absolute Gasteiger partial charge is 0.465 e. The number of hydrogen-bond acceptors (Lipinski definition) is 10. The molecule has 0 saturated carbocycles. The van der Waals surface area contributed by atoms with Gasteiger partial charge in [-0.05, 0) is 46.0 Å². The van der Waals surface area contributed by atoms with E-state index in [2.05, 4.69) is 33.2 Å². The van der Waals surface area contributed by atoms with Crippen LogP contribution >= 0.6 is 0 Å². The number of nitrogens with zero attached hydrogens (tertiary/aromatic N) is 1. The number of ketones is 2. The fourth-order valence-electron chi connectivity index (χ4n) is 4.83. The van der Waals surface area contributed by atoms with E-state index in [0.717, 1.165) is 4.90 Å². The number of nitrogens with one attached hydrogen (secondary N) is 5. The maximum absolute atomic E-state index is 14.1. The minimum atomic E-state index is -1.67. The molecule has 0 radical (unpaired) electrons. The van der Waals surface area contributed by atoms with E-state index < -0.39 is 102 Å². The summed E-state index contributed by atoms with van der Waals surface area (Å²) in [5.41, 5.74) is -0.833. The van der Waals surface area contributed by atoms with Crippen LogP contribution in [-0.2, 0) is 38.2 Å². The topological polar surface area (TPSA) is 218 Å². The van der Waals surface area contributed by atoms with Crippen molar-refractivity contribution >= 4 is 47.4 Å². The van der Waals surface area contributed by atoms with Crippen molar-refractivity contribution in [2.75, 3.05) is 19.7 Å². The molecular formula is C32H52N6O10. The molecule has 48 heavy (non-hydrogen) atoms. The molecule has 1 aliphatic heterocycles. The average molecular weight is 681 g/mol. The fourth-order valence-corrected chi connectivity index (χ4v) is 4.83. The van der Waals surface area contributed by atoms with Gasteiger partial charge in [-0.2, -0.15) is 0 Å². The first kappa shape index (κ1) is 41.5. The van der Waals surface area contributed by atoms with Crippen molar-refractivity contribution in [2.45, 2.75) is 111 Å². The first-order valence-corrected chi connectivity index (χ1v) is 16.1. The summed E-state index contributed by atoms with van der Waals surface area (Å²) >= 11 is 0. The van der Waals surface area contributed by atoms with Crippen LogP contribution in [0, 0.1) is 11.8 Å². The summed E-state index contributed by atoms with van der Waals surface area (Å²) in [6.07, 6.45) is 0.979. The molecule has 0 aromatic heterocycles. The average Bonchev–Trinajstić information content (AvgIpc) is 3.30. The van der Waals surface area contributed by atoms with E-state index in [1.807, 2.05) is 0 Å². The standard InChI is InChI=1S/C32H52N6O10/c1-11-14-19(25(40)29(44)33-15-12-2)34-28(43)24-23(36-30(45)38(24)16-20(39)47-13-3)26(41)21(17(4)5)35-27(42)22(18(6)7)37-31(46)48-32(8,9)10/h12,17-19,21-24H,2,11,13-16H2,1,3-10H3,(H,33,44)(H,34,43)(H,35,42)(H,36,45)(H,37,46)/t19?,21-,22-,23?,24+/m0/s1. The minimum Gasteiger partial charge on any atom is -0.465 e. The van der Waals surface area contributed by atoms with E-state index >= 15 is 0 Å². The Kier molecular flexibility index (Phi) is 16.2. The molecule has 0 aromatic carbocycles. The van der Waals surface area contributed by atoms with E-state index in [9.17, 15) is 38.4 Å². The van der Waals surface area contributed by atoms with E-state index in [0.29, 0.717) is 6.42 Å². The van der Waals surface area contributed by atoms with Crippen LogP contribution in [0.25, 0.3) is 0 Å². The SMILES string of the molecule is C=CCNC(=O)C(=O)C(CCC)NC(=O)[C@H]1C(C(=O)[C@@H](NC(=O)[C@@H](NC(=O)OC(C)(C)C)C(C)C)C(C)C)NC(=O)N1CC(=O)OCC. The number of amides is 6. The molecule has 5 N–H and O–H groups in total. The quantitative estimate of drug-likeness (QED) is 0.0776. The van der Waals surface area contributed by atoms with Crippen LogP contribution in [-0.4, -0.2) is 108 Å². The number of Topliss-reactive ketones (excluding diaryl/α,β-unsaturated/α-hetero) is 2. The molecule has 0 aromatic rings. The van der Waals surface area contributed by atoms with Crippen molar-refractivity contribution in [1.29, 1.82) is 0 Å². The van der Waals surface area contributed by atoms with Crippen LogP contribution in [0.5, 0.6) is 0 Å². The molecule has 1 saturated heterocycles. The Morgan fingerprint density at radius 1 is 0.958 bits per heavy atom. The van der Waals surface area contributed by atoms with Crippen LogP contribution in [0.15, 0.2) is 12.7 Å². The molecule has 6 amide bonds. The predicted molar refractivity (Wildman–Crippen MR) is 174 cm³/mol. The van der Waals surface area contributed by atoms with Gasteiger partial charge in [0, 0.05) is 6.54 Å². The van der Waals surface area contributed by atoms with Gasteiger partial charge in [-0.1, -0.05) is 47.1 Å². The number of urea groups is 1. The van der Waals surface area contributed by atoms with Gasteiger partial charge in [-0.3, -0.25) is 33.7 Å². The maximum Gasteiger partial charge on any atom is 0.408 e. The summed E-state index contributed by atoms with van der Waals surface area (Å²) in [5, 5.41) is 12.4. The van der Waals surface area contributed by atoms with Crippen molar-refractivity contribution in [3.05, 3.63) is 12.7 Å². The van der Waals surface area contributed by atoms with Gasteiger partial charge < -0.3 is 36.1 Å². The van der Waals surface area contributed by atoms with Gasteiger partial charge in [0.15, 0.2) is 5.78 Å². The zero-order chi connectivity index (χ0) is 36.9. The number of ether oxygens (including phenoxy) is 2. The zero-order valence-electron chi connectivity index (χ0n) is 29.4. The van der Waals surface area contributed by atoms with Crippen molar-refractivity contribution in [3.8, 4) is 0 Å². The lowest BCUT2D eigenvalue weighted by Gasteiger charge is -2.31. The Hall–Kier alpha value is -4.50. The number of rotatable bonds is 18. The van der Waals surface area contributed by atoms with E-state index in [1.165, 1.54) is 6.08 Å². The monoisotopic (exact) mass is 680 g/mol. The molecule has 2 unspecified atom stereocenters. The first-order valence-electron chi connectivity index (χ1n) is 16.1. The summed E-state index contributed by atoms with van der Waals surface area (Å²) in [4.78, 5) is 106. The highest BCUT2D eigenvalue weighted by molar-refractivity contribution is 6.38. The highest BCUT2D eigenvalue weighted by Gasteiger charge is 2.51. The molecule has 1 rings (SSSR count). The van der Waals surface area contributed by atoms with Gasteiger partial charge in [0.25, 0.3) is 5.91 Å². The third kappa shape index (κ3) is 12.3. The van der Waals surface area contributed by atoms with Crippen LogP contribution in [0.4, 0.5) is 9.59 Å². The molecule has 270 valence electrons. The Bertz CT molecular complexity index is 1230.